The first-order valence-corrected chi connectivity index (χ1v) is 17.6. The van der Waals surface area contributed by atoms with Crippen LogP contribution in [0, 0.1) is 0 Å². The van der Waals surface area contributed by atoms with Gasteiger partial charge in [-0.3, -0.25) is 0 Å². The van der Waals surface area contributed by atoms with Crippen LogP contribution in [0.2, 0.25) is 0 Å². The molecule has 0 aliphatic rings. The molecule has 0 heterocycles. The van der Waals surface area contributed by atoms with E-state index in [0.29, 0.717) is 0 Å². The molecule has 0 aliphatic carbocycles. The molecule has 0 bridgehead atoms. The summed E-state index contributed by atoms with van der Waals surface area (Å²) in [6.07, 6.45) is 19.2. The van der Waals surface area contributed by atoms with Crippen molar-refractivity contribution >= 4 is 26.7 Å². The van der Waals surface area contributed by atoms with Crippen LogP contribution in [0.25, 0.3) is 21.9 Å². The molecule has 0 amide bonds. The summed E-state index contributed by atoms with van der Waals surface area (Å²) in [6.45, 7) is 3.88. The quantitative estimate of drug-likeness (QED) is 0.0841. The summed E-state index contributed by atoms with van der Waals surface area (Å²) in [4.78, 5) is 0. The fraction of sp³-hybridized carbons (Fsp3) is 0.450. The molecule has 0 saturated carbocycles. The Hall–Kier alpha value is -2.78. The maximum absolute atomic E-state index is 6.10. The molecule has 2 nitrogen and oxygen atoms in total. The summed E-state index contributed by atoms with van der Waals surface area (Å²) in [6, 6.07) is 30.5. The summed E-state index contributed by atoms with van der Waals surface area (Å²) < 4.78 is 13.0. The minimum atomic E-state index is 0.794. The Labute approximate surface area is 269 Å². The zero-order chi connectivity index (χ0) is 30.0. The molecule has 0 radical (unpaired) electrons. The van der Waals surface area contributed by atoms with Gasteiger partial charge in [-0.15, -0.1) is 0 Å². The molecule has 4 aromatic carbocycles. The number of ether oxygens (including phenoxy) is 2. The highest BCUT2D eigenvalue weighted by Gasteiger charge is 2.04. The van der Waals surface area contributed by atoms with Crippen molar-refractivity contribution in [1.82, 2.24) is 0 Å². The predicted octanol–water partition coefficient (Wildman–Crippen LogP) is 12.8. The smallest absolute Gasteiger partial charge is 0.119 e. The van der Waals surface area contributed by atoms with Gasteiger partial charge < -0.3 is 9.47 Å². The molecule has 0 aromatic heterocycles. The van der Waals surface area contributed by atoms with Gasteiger partial charge in [0.1, 0.15) is 11.5 Å². The third-order valence-electron chi connectivity index (χ3n) is 8.31. The molecule has 0 N–H and O–H groups in total. The lowest BCUT2D eigenvalue weighted by Crippen LogP contribution is -1.98. The van der Waals surface area contributed by atoms with Gasteiger partial charge in [-0.1, -0.05) is 136 Å². The molecule has 0 atom stereocenters. The second-order valence-electron chi connectivity index (χ2n) is 11.9. The number of fused-ring (bicyclic) bond motifs is 1. The summed E-state index contributed by atoms with van der Waals surface area (Å²) in [5.74, 6) is 1.93. The highest BCUT2D eigenvalue weighted by atomic mass is 79.9. The van der Waals surface area contributed by atoms with Gasteiger partial charge in [0.15, 0.2) is 0 Å². The third kappa shape index (κ3) is 12.4. The molecule has 43 heavy (non-hydrogen) atoms. The van der Waals surface area contributed by atoms with Crippen LogP contribution >= 0.6 is 15.9 Å². The van der Waals surface area contributed by atoms with Gasteiger partial charge in [0.05, 0.1) is 13.2 Å². The van der Waals surface area contributed by atoms with E-state index in [4.69, 9.17) is 9.47 Å². The molecule has 0 unspecified atom stereocenters. The maximum atomic E-state index is 6.10. The summed E-state index contributed by atoms with van der Waals surface area (Å²) in [7, 11) is 0. The Balaban J connectivity index is 1.06. The lowest BCUT2D eigenvalue weighted by Gasteiger charge is -2.09. The normalized spacial score (nSPS) is 11.2. The van der Waals surface area contributed by atoms with E-state index < -0.39 is 0 Å². The van der Waals surface area contributed by atoms with Crippen LogP contribution in [0.15, 0.2) is 89.4 Å². The largest absolute Gasteiger partial charge is 0.494 e. The topological polar surface area (TPSA) is 18.5 Å². The van der Waals surface area contributed by atoms with E-state index in [1.165, 1.54) is 111 Å². The van der Waals surface area contributed by atoms with E-state index in [2.05, 4.69) is 83.5 Å². The van der Waals surface area contributed by atoms with Crippen molar-refractivity contribution in [2.24, 2.45) is 0 Å². The van der Waals surface area contributed by atoms with Gasteiger partial charge >= 0.3 is 0 Å². The van der Waals surface area contributed by atoms with Crippen LogP contribution < -0.4 is 9.47 Å². The molecule has 3 heteroatoms. The van der Waals surface area contributed by atoms with E-state index in [-0.39, 0.29) is 0 Å². The highest BCUT2D eigenvalue weighted by molar-refractivity contribution is 9.10. The van der Waals surface area contributed by atoms with Crippen molar-refractivity contribution in [3.05, 3.63) is 95.0 Å². The SMILES string of the molecule is CCCCCCCCc1ccc(-c2ccc3cc(OCCCCCCCCCCOc4ccc(Br)cc4)ccc3c2)cc1. The average molecular weight is 644 g/mol. The van der Waals surface area contributed by atoms with E-state index in [1.807, 2.05) is 24.3 Å². The van der Waals surface area contributed by atoms with Crippen LogP contribution in [0.4, 0.5) is 0 Å². The molecule has 0 aliphatic heterocycles. The van der Waals surface area contributed by atoms with Crippen LogP contribution in [0.3, 0.4) is 0 Å². The number of unbranched alkanes of at least 4 members (excludes halogenated alkanes) is 12. The van der Waals surface area contributed by atoms with Gasteiger partial charge in [-0.2, -0.15) is 0 Å². The Kier molecular flexibility index (Phi) is 15.0. The molecule has 0 saturated heterocycles. The van der Waals surface area contributed by atoms with Gasteiger partial charge in [-0.25, -0.2) is 0 Å². The van der Waals surface area contributed by atoms with Crippen LogP contribution in [-0.2, 0) is 6.42 Å². The Bertz CT molecular complexity index is 1310. The zero-order valence-electron chi connectivity index (χ0n) is 26.3. The van der Waals surface area contributed by atoms with E-state index in [1.54, 1.807) is 0 Å². The standard InChI is InChI=1S/C40H51BrO2/c1-2-3-4-5-10-13-16-33-17-19-34(20-18-33)35-21-22-37-32-40(26-23-36(37)31-35)43-30-15-12-9-7-6-8-11-14-29-42-39-27-24-38(41)25-28-39/h17-28,31-32H,2-16,29-30H2,1H3. The Morgan fingerprint density at radius 3 is 1.65 bits per heavy atom. The second kappa shape index (κ2) is 19.5. The number of halogens is 1. The number of hydrogen-bond acceptors (Lipinski definition) is 2. The molecule has 0 spiro atoms. The number of rotatable bonds is 21. The van der Waals surface area contributed by atoms with Crippen molar-refractivity contribution in [2.45, 2.75) is 103 Å². The molecule has 4 rings (SSSR count). The minimum Gasteiger partial charge on any atom is -0.494 e. The van der Waals surface area contributed by atoms with Crippen molar-refractivity contribution in [2.75, 3.05) is 13.2 Å². The number of hydrogen-bond donors (Lipinski definition) is 0. The lowest BCUT2D eigenvalue weighted by atomic mass is 9.98. The summed E-state index contributed by atoms with van der Waals surface area (Å²) in [5.41, 5.74) is 4.03. The fourth-order valence-corrected chi connectivity index (χ4v) is 5.91. The van der Waals surface area contributed by atoms with Crippen LogP contribution in [0.5, 0.6) is 11.5 Å². The van der Waals surface area contributed by atoms with Crippen molar-refractivity contribution in [3.8, 4) is 22.6 Å². The third-order valence-corrected chi connectivity index (χ3v) is 8.84. The summed E-state index contributed by atoms with van der Waals surface area (Å²) in [5, 5.41) is 2.50. The number of benzene rings is 4. The van der Waals surface area contributed by atoms with E-state index in [9.17, 15) is 0 Å². The van der Waals surface area contributed by atoms with Crippen LogP contribution in [-0.4, -0.2) is 13.2 Å². The average Bonchev–Trinajstić information content (AvgIpc) is 3.04. The molecule has 0 fully saturated rings. The van der Waals surface area contributed by atoms with Crippen LogP contribution in [0.1, 0.15) is 102 Å². The van der Waals surface area contributed by atoms with Crippen molar-refractivity contribution < 1.29 is 9.47 Å². The Morgan fingerprint density at radius 2 is 0.977 bits per heavy atom. The molecular formula is C40H51BrO2. The van der Waals surface area contributed by atoms with E-state index >= 15 is 0 Å². The highest BCUT2D eigenvalue weighted by Crippen LogP contribution is 2.28. The van der Waals surface area contributed by atoms with Gasteiger partial charge in [0.25, 0.3) is 0 Å². The van der Waals surface area contributed by atoms with Gasteiger partial charge in [0, 0.05) is 4.47 Å². The lowest BCUT2D eigenvalue weighted by molar-refractivity contribution is 0.301. The maximum Gasteiger partial charge on any atom is 0.119 e. The predicted molar refractivity (Wildman–Crippen MR) is 189 cm³/mol. The second-order valence-corrected chi connectivity index (χ2v) is 12.8. The Morgan fingerprint density at radius 1 is 0.465 bits per heavy atom. The van der Waals surface area contributed by atoms with Gasteiger partial charge in [0.2, 0.25) is 0 Å². The van der Waals surface area contributed by atoms with Gasteiger partial charge in [-0.05, 0) is 95.6 Å². The fourth-order valence-electron chi connectivity index (χ4n) is 5.64. The first-order valence-electron chi connectivity index (χ1n) is 16.9. The van der Waals surface area contributed by atoms with E-state index in [0.717, 1.165) is 42.0 Å². The molecule has 230 valence electrons. The van der Waals surface area contributed by atoms with Crippen molar-refractivity contribution in [1.29, 1.82) is 0 Å². The first kappa shape index (κ1) is 33.1. The minimum absolute atomic E-state index is 0.794. The van der Waals surface area contributed by atoms with Crippen molar-refractivity contribution in [3.63, 3.8) is 0 Å². The first-order chi connectivity index (χ1) is 21.2. The molecular weight excluding hydrogens is 592 g/mol. The molecule has 4 aromatic rings. The number of aryl methyl sites for hydroxylation is 1. The summed E-state index contributed by atoms with van der Waals surface area (Å²) >= 11 is 3.46. The zero-order valence-corrected chi connectivity index (χ0v) is 27.9. The monoisotopic (exact) mass is 642 g/mol.